The molecule has 1 rings (SSSR count). The van der Waals surface area contributed by atoms with Crippen molar-refractivity contribution in [1.82, 2.24) is 10.6 Å². The summed E-state index contributed by atoms with van der Waals surface area (Å²) in [4.78, 5) is 22.1. The molecule has 2 atom stereocenters. The Morgan fingerprint density at radius 1 is 1.50 bits per heavy atom. The van der Waals surface area contributed by atoms with Crippen LogP contribution in [0.4, 0.5) is 4.79 Å². The van der Waals surface area contributed by atoms with Gasteiger partial charge in [-0.25, -0.2) is 4.79 Å². The molecule has 0 radical (unpaired) electrons. The molecule has 0 aromatic rings. The highest BCUT2D eigenvalue weighted by Crippen LogP contribution is 2.13. The van der Waals surface area contributed by atoms with E-state index in [0.717, 1.165) is 0 Å². The zero-order valence-corrected chi connectivity index (χ0v) is 9.29. The average Bonchev–Trinajstić information content (AvgIpc) is 2.62. The molecule has 1 saturated heterocycles. The standard InChI is InChI=1S/C9H13ClN2O4/c1-5(10)2-11-9(15)12-7-4-16-3-6(7)8(13)14/h6-7H,1-4H2,(H,13,14)(H2,11,12,15). The van der Waals surface area contributed by atoms with E-state index in [4.69, 9.17) is 21.4 Å². The fraction of sp³-hybridized carbons (Fsp3) is 0.556. The summed E-state index contributed by atoms with van der Waals surface area (Å²) in [5.74, 6) is -1.69. The molecule has 1 aliphatic heterocycles. The number of carbonyl (C=O) groups excluding carboxylic acids is 1. The lowest BCUT2D eigenvalue weighted by atomic mass is 10.0. The number of urea groups is 1. The van der Waals surface area contributed by atoms with Gasteiger partial charge in [0, 0.05) is 5.03 Å². The molecular weight excluding hydrogens is 236 g/mol. The Balaban J connectivity index is 2.38. The second kappa shape index (κ2) is 5.72. The van der Waals surface area contributed by atoms with Gasteiger partial charge in [0.2, 0.25) is 0 Å². The summed E-state index contributed by atoms with van der Waals surface area (Å²) in [5, 5.41) is 14.1. The summed E-state index contributed by atoms with van der Waals surface area (Å²) in [5.41, 5.74) is 0. The van der Waals surface area contributed by atoms with Crippen LogP contribution in [0.2, 0.25) is 0 Å². The first-order valence-electron chi connectivity index (χ1n) is 4.69. The zero-order valence-electron chi connectivity index (χ0n) is 8.53. The van der Waals surface area contributed by atoms with Gasteiger partial charge in [0.25, 0.3) is 0 Å². The van der Waals surface area contributed by atoms with Crippen LogP contribution in [-0.2, 0) is 9.53 Å². The Morgan fingerprint density at radius 3 is 2.75 bits per heavy atom. The quantitative estimate of drug-likeness (QED) is 0.660. The zero-order chi connectivity index (χ0) is 12.1. The lowest BCUT2D eigenvalue weighted by molar-refractivity contribution is -0.142. The van der Waals surface area contributed by atoms with Crippen molar-refractivity contribution in [2.45, 2.75) is 6.04 Å². The molecule has 16 heavy (non-hydrogen) atoms. The van der Waals surface area contributed by atoms with Crippen molar-refractivity contribution in [3.05, 3.63) is 11.6 Å². The number of halogens is 1. The van der Waals surface area contributed by atoms with Crippen LogP contribution in [-0.4, -0.2) is 42.9 Å². The van der Waals surface area contributed by atoms with Crippen molar-refractivity contribution in [2.24, 2.45) is 5.92 Å². The van der Waals surface area contributed by atoms with E-state index in [-0.39, 0.29) is 19.8 Å². The minimum atomic E-state index is -0.982. The summed E-state index contributed by atoms with van der Waals surface area (Å²) in [6.07, 6.45) is 0. The number of nitrogens with one attached hydrogen (secondary N) is 2. The Morgan fingerprint density at radius 2 is 2.19 bits per heavy atom. The van der Waals surface area contributed by atoms with Crippen LogP contribution in [0.1, 0.15) is 0 Å². The molecular formula is C9H13ClN2O4. The molecule has 90 valence electrons. The summed E-state index contributed by atoms with van der Waals surface area (Å²) in [7, 11) is 0. The van der Waals surface area contributed by atoms with Gasteiger partial charge >= 0.3 is 12.0 Å². The van der Waals surface area contributed by atoms with Gasteiger partial charge in [0.15, 0.2) is 0 Å². The average molecular weight is 249 g/mol. The summed E-state index contributed by atoms with van der Waals surface area (Å²) in [6.45, 7) is 3.86. The minimum Gasteiger partial charge on any atom is -0.481 e. The smallest absolute Gasteiger partial charge is 0.315 e. The molecule has 0 saturated carbocycles. The van der Waals surface area contributed by atoms with Crippen LogP contribution in [0.5, 0.6) is 0 Å². The Kier molecular flexibility index (Phi) is 4.57. The number of carbonyl (C=O) groups is 2. The van der Waals surface area contributed by atoms with Gasteiger partial charge in [-0.05, 0) is 0 Å². The van der Waals surface area contributed by atoms with Gasteiger partial charge < -0.3 is 20.5 Å². The highest BCUT2D eigenvalue weighted by Gasteiger charge is 2.34. The van der Waals surface area contributed by atoms with E-state index < -0.39 is 24.0 Å². The summed E-state index contributed by atoms with van der Waals surface area (Å²) < 4.78 is 4.99. The topological polar surface area (TPSA) is 87.7 Å². The molecule has 2 unspecified atom stereocenters. The van der Waals surface area contributed by atoms with Crippen LogP contribution in [0.3, 0.4) is 0 Å². The van der Waals surface area contributed by atoms with Gasteiger partial charge in [-0.15, -0.1) is 0 Å². The third kappa shape index (κ3) is 3.71. The second-order valence-corrected chi connectivity index (χ2v) is 3.97. The van der Waals surface area contributed by atoms with Gasteiger partial charge in [0.1, 0.15) is 5.92 Å². The van der Waals surface area contributed by atoms with E-state index in [1.54, 1.807) is 0 Å². The van der Waals surface area contributed by atoms with E-state index in [9.17, 15) is 9.59 Å². The van der Waals surface area contributed by atoms with Gasteiger partial charge in [-0.3, -0.25) is 4.79 Å². The van der Waals surface area contributed by atoms with Crippen molar-refractivity contribution in [2.75, 3.05) is 19.8 Å². The maximum Gasteiger partial charge on any atom is 0.315 e. The predicted molar refractivity (Wildman–Crippen MR) is 57.3 cm³/mol. The maximum absolute atomic E-state index is 11.3. The third-order valence-corrected chi connectivity index (χ3v) is 2.29. The molecule has 2 amide bonds. The van der Waals surface area contributed by atoms with E-state index in [2.05, 4.69) is 17.2 Å². The van der Waals surface area contributed by atoms with Gasteiger partial charge in [0.05, 0.1) is 25.8 Å². The monoisotopic (exact) mass is 248 g/mol. The van der Waals surface area contributed by atoms with Crippen molar-refractivity contribution in [3.8, 4) is 0 Å². The molecule has 7 heteroatoms. The number of aliphatic carboxylic acids is 1. The third-order valence-electron chi connectivity index (χ3n) is 2.15. The first-order valence-corrected chi connectivity index (χ1v) is 5.06. The summed E-state index contributed by atoms with van der Waals surface area (Å²) in [6, 6.07) is -0.996. The molecule has 0 aliphatic carbocycles. The van der Waals surface area contributed by atoms with E-state index in [1.807, 2.05) is 0 Å². The lowest BCUT2D eigenvalue weighted by Crippen LogP contribution is -2.47. The molecule has 0 aromatic heterocycles. The van der Waals surface area contributed by atoms with E-state index in [1.165, 1.54) is 0 Å². The molecule has 3 N–H and O–H groups in total. The predicted octanol–water partition coefficient (Wildman–Crippen LogP) is 0.138. The van der Waals surface area contributed by atoms with Crippen LogP contribution >= 0.6 is 11.6 Å². The maximum atomic E-state index is 11.3. The normalized spacial score (nSPS) is 23.8. The highest BCUT2D eigenvalue weighted by atomic mass is 35.5. The largest absolute Gasteiger partial charge is 0.481 e. The van der Waals surface area contributed by atoms with Crippen LogP contribution < -0.4 is 10.6 Å². The van der Waals surface area contributed by atoms with E-state index >= 15 is 0 Å². The molecule has 0 bridgehead atoms. The highest BCUT2D eigenvalue weighted by molar-refractivity contribution is 6.29. The number of carboxylic acid groups (broad SMARTS) is 1. The number of hydrogen-bond acceptors (Lipinski definition) is 3. The lowest BCUT2D eigenvalue weighted by Gasteiger charge is -2.15. The molecule has 1 fully saturated rings. The van der Waals surface area contributed by atoms with Crippen molar-refractivity contribution >= 4 is 23.6 Å². The van der Waals surface area contributed by atoms with Crippen LogP contribution in [0.15, 0.2) is 11.6 Å². The fourth-order valence-electron chi connectivity index (χ4n) is 1.34. The van der Waals surface area contributed by atoms with Crippen molar-refractivity contribution in [1.29, 1.82) is 0 Å². The summed E-state index contributed by atoms with van der Waals surface area (Å²) >= 11 is 5.46. The number of carboxylic acids is 1. The SMILES string of the molecule is C=C(Cl)CNC(=O)NC1COCC1C(=O)O. The molecule has 6 nitrogen and oxygen atoms in total. The first kappa shape index (κ1) is 12.8. The Hall–Kier alpha value is -1.27. The Bertz CT molecular complexity index is 308. The number of rotatable bonds is 4. The molecule has 1 aliphatic rings. The van der Waals surface area contributed by atoms with Gasteiger partial charge in [-0.2, -0.15) is 0 Å². The minimum absolute atomic E-state index is 0.114. The van der Waals surface area contributed by atoms with E-state index in [0.29, 0.717) is 5.03 Å². The van der Waals surface area contributed by atoms with Crippen LogP contribution in [0.25, 0.3) is 0 Å². The fourth-order valence-corrected chi connectivity index (χ4v) is 1.40. The van der Waals surface area contributed by atoms with Crippen molar-refractivity contribution in [3.63, 3.8) is 0 Å². The molecule has 0 spiro atoms. The molecule has 1 heterocycles. The Labute approximate surface area is 97.6 Å². The number of hydrogen-bond donors (Lipinski definition) is 3. The van der Waals surface area contributed by atoms with Crippen LogP contribution in [0, 0.1) is 5.92 Å². The first-order chi connectivity index (χ1) is 7.50. The van der Waals surface area contributed by atoms with Crippen molar-refractivity contribution < 1.29 is 19.4 Å². The number of ether oxygens (including phenoxy) is 1. The number of amides is 2. The molecule has 0 aromatic carbocycles. The van der Waals surface area contributed by atoms with Gasteiger partial charge in [-0.1, -0.05) is 18.2 Å². The second-order valence-electron chi connectivity index (χ2n) is 3.43.